The fourth-order valence-corrected chi connectivity index (χ4v) is 2.82. The molecule has 0 amide bonds. The van der Waals surface area contributed by atoms with Crippen LogP contribution in [0.5, 0.6) is 5.75 Å². The molecule has 0 unspecified atom stereocenters. The topological polar surface area (TPSA) is 66.2 Å². The second-order valence-electron chi connectivity index (χ2n) is 5.93. The normalized spacial score (nSPS) is 10.6. The van der Waals surface area contributed by atoms with Crippen LogP contribution < -0.4 is 4.74 Å². The van der Waals surface area contributed by atoms with E-state index >= 15 is 0 Å². The SMILES string of the molecule is COC(=O)c1ccnc(-c2nccn2CCc2ccc(C)cc2OC)c1. The molecule has 0 N–H and O–H groups in total. The van der Waals surface area contributed by atoms with E-state index in [1.807, 2.05) is 23.8 Å². The number of esters is 1. The zero-order valence-corrected chi connectivity index (χ0v) is 15.1. The van der Waals surface area contributed by atoms with Crippen molar-refractivity contribution in [1.82, 2.24) is 14.5 Å². The Balaban J connectivity index is 1.83. The van der Waals surface area contributed by atoms with Crippen molar-refractivity contribution in [3.8, 4) is 17.3 Å². The summed E-state index contributed by atoms with van der Waals surface area (Å²) < 4.78 is 12.3. The first-order chi connectivity index (χ1) is 12.6. The summed E-state index contributed by atoms with van der Waals surface area (Å²) in [5.74, 6) is 1.20. The first kappa shape index (κ1) is 17.7. The Hall–Kier alpha value is -3.15. The van der Waals surface area contributed by atoms with Gasteiger partial charge >= 0.3 is 5.97 Å². The molecule has 0 aliphatic heterocycles. The standard InChI is InChI=1S/C20H21N3O3/c1-14-4-5-15(18(12-14)25-2)7-10-23-11-9-22-19(23)17-13-16(6-8-21-17)20(24)26-3/h4-6,8-9,11-13H,7,10H2,1-3H3. The fraction of sp³-hybridized carbons (Fsp3) is 0.250. The van der Waals surface area contributed by atoms with E-state index in [1.165, 1.54) is 7.11 Å². The van der Waals surface area contributed by atoms with Gasteiger partial charge in [0.15, 0.2) is 5.82 Å². The fourth-order valence-electron chi connectivity index (χ4n) is 2.82. The second kappa shape index (κ2) is 7.82. The average molecular weight is 351 g/mol. The minimum absolute atomic E-state index is 0.392. The van der Waals surface area contributed by atoms with Crippen molar-refractivity contribution in [3.05, 3.63) is 65.6 Å². The number of pyridine rings is 1. The molecule has 3 aromatic rings. The third kappa shape index (κ3) is 3.74. The van der Waals surface area contributed by atoms with Crippen LogP contribution in [0.2, 0.25) is 0 Å². The number of aryl methyl sites for hydroxylation is 3. The molecule has 26 heavy (non-hydrogen) atoms. The number of aromatic nitrogens is 3. The van der Waals surface area contributed by atoms with Gasteiger partial charge in [0.2, 0.25) is 0 Å². The van der Waals surface area contributed by atoms with Gasteiger partial charge in [0, 0.05) is 25.1 Å². The molecule has 0 aliphatic carbocycles. The van der Waals surface area contributed by atoms with Gasteiger partial charge in [-0.1, -0.05) is 12.1 Å². The van der Waals surface area contributed by atoms with Crippen LogP contribution in [-0.2, 0) is 17.7 Å². The number of carbonyl (C=O) groups excluding carboxylic acids is 1. The predicted octanol–water partition coefficient (Wildman–Crippen LogP) is 3.29. The third-order valence-corrected chi connectivity index (χ3v) is 4.19. The summed E-state index contributed by atoms with van der Waals surface area (Å²) >= 11 is 0. The highest BCUT2D eigenvalue weighted by atomic mass is 16.5. The van der Waals surface area contributed by atoms with Gasteiger partial charge in [0.1, 0.15) is 11.4 Å². The van der Waals surface area contributed by atoms with Gasteiger partial charge < -0.3 is 14.0 Å². The number of imidazole rings is 1. The predicted molar refractivity (Wildman–Crippen MR) is 98.2 cm³/mol. The maximum Gasteiger partial charge on any atom is 0.337 e. The lowest BCUT2D eigenvalue weighted by atomic mass is 10.1. The molecule has 2 aromatic heterocycles. The molecule has 0 aliphatic rings. The Morgan fingerprint density at radius 2 is 1.96 bits per heavy atom. The largest absolute Gasteiger partial charge is 0.496 e. The molecule has 6 heteroatoms. The van der Waals surface area contributed by atoms with Gasteiger partial charge in [-0.05, 0) is 42.7 Å². The van der Waals surface area contributed by atoms with Crippen molar-refractivity contribution in [2.24, 2.45) is 0 Å². The van der Waals surface area contributed by atoms with E-state index in [2.05, 4.69) is 22.1 Å². The van der Waals surface area contributed by atoms with Crippen molar-refractivity contribution in [2.45, 2.75) is 19.9 Å². The molecule has 0 atom stereocenters. The molecule has 1 aromatic carbocycles. The summed E-state index contributed by atoms with van der Waals surface area (Å²) in [6.45, 7) is 2.76. The zero-order valence-electron chi connectivity index (χ0n) is 15.1. The van der Waals surface area contributed by atoms with Crippen LogP contribution in [0, 0.1) is 6.92 Å². The highest BCUT2D eigenvalue weighted by molar-refractivity contribution is 5.90. The molecule has 6 nitrogen and oxygen atoms in total. The molecule has 0 saturated heterocycles. The molecule has 0 saturated carbocycles. The molecule has 3 rings (SSSR count). The lowest BCUT2D eigenvalue weighted by Crippen LogP contribution is -2.06. The lowest BCUT2D eigenvalue weighted by Gasteiger charge is -2.11. The van der Waals surface area contributed by atoms with Crippen LogP contribution in [0.4, 0.5) is 0 Å². The third-order valence-electron chi connectivity index (χ3n) is 4.19. The highest BCUT2D eigenvalue weighted by Gasteiger charge is 2.12. The van der Waals surface area contributed by atoms with E-state index in [-0.39, 0.29) is 0 Å². The van der Waals surface area contributed by atoms with E-state index in [0.717, 1.165) is 29.8 Å². The maximum atomic E-state index is 11.7. The van der Waals surface area contributed by atoms with Crippen molar-refractivity contribution in [1.29, 1.82) is 0 Å². The van der Waals surface area contributed by atoms with Crippen molar-refractivity contribution >= 4 is 5.97 Å². The zero-order chi connectivity index (χ0) is 18.5. The van der Waals surface area contributed by atoms with E-state index in [1.54, 1.807) is 31.6 Å². The van der Waals surface area contributed by atoms with E-state index < -0.39 is 5.97 Å². The Labute approximate surface area is 152 Å². The summed E-state index contributed by atoms with van der Waals surface area (Å²) in [6.07, 6.45) is 6.02. The smallest absolute Gasteiger partial charge is 0.337 e. The molecule has 0 radical (unpaired) electrons. The molecular formula is C20H21N3O3. The molecule has 0 spiro atoms. The van der Waals surface area contributed by atoms with Crippen molar-refractivity contribution in [2.75, 3.05) is 14.2 Å². The van der Waals surface area contributed by atoms with Crippen LogP contribution in [0.25, 0.3) is 11.5 Å². The van der Waals surface area contributed by atoms with Gasteiger partial charge in [-0.15, -0.1) is 0 Å². The van der Waals surface area contributed by atoms with Gasteiger partial charge in [-0.25, -0.2) is 9.78 Å². The summed E-state index contributed by atoms with van der Waals surface area (Å²) in [5, 5.41) is 0. The average Bonchev–Trinajstić information content (AvgIpc) is 3.15. The minimum Gasteiger partial charge on any atom is -0.496 e. The van der Waals surface area contributed by atoms with Gasteiger partial charge in [0.05, 0.1) is 19.8 Å². The van der Waals surface area contributed by atoms with Crippen LogP contribution in [-0.4, -0.2) is 34.7 Å². The Morgan fingerprint density at radius 3 is 2.73 bits per heavy atom. The first-order valence-electron chi connectivity index (χ1n) is 8.31. The number of rotatable bonds is 6. The van der Waals surface area contributed by atoms with Crippen LogP contribution in [0.1, 0.15) is 21.5 Å². The quantitative estimate of drug-likeness (QED) is 0.638. The summed E-state index contributed by atoms with van der Waals surface area (Å²) in [7, 11) is 3.04. The number of hydrogen-bond acceptors (Lipinski definition) is 5. The molecule has 0 bridgehead atoms. The van der Waals surface area contributed by atoms with Gasteiger partial charge in [0.25, 0.3) is 0 Å². The highest BCUT2D eigenvalue weighted by Crippen LogP contribution is 2.22. The Morgan fingerprint density at radius 1 is 1.12 bits per heavy atom. The molecule has 134 valence electrons. The number of nitrogens with zero attached hydrogens (tertiary/aromatic N) is 3. The first-order valence-corrected chi connectivity index (χ1v) is 8.31. The Kier molecular flexibility index (Phi) is 5.31. The monoisotopic (exact) mass is 351 g/mol. The van der Waals surface area contributed by atoms with E-state index in [4.69, 9.17) is 9.47 Å². The van der Waals surface area contributed by atoms with Crippen LogP contribution in [0.3, 0.4) is 0 Å². The van der Waals surface area contributed by atoms with Crippen molar-refractivity contribution < 1.29 is 14.3 Å². The summed E-state index contributed by atoms with van der Waals surface area (Å²) in [5.41, 5.74) is 3.38. The number of carbonyl (C=O) groups is 1. The Bertz CT molecular complexity index is 918. The molecular weight excluding hydrogens is 330 g/mol. The second-order valence-corrected chi connectivity index (χ2v) is 5.93. The van der Waals surface area contributed by atoms with E-state index in [9.17, 15) is 4.79 Å². The van der Waals surface area contributed by atoms with Crippen molar-refractivity contribution in [3.63, 3.8) is 0 Å². The van der Waals surface area contributed by atoms with Crippen LogP contribution >= 0.6 is 0 Å². The summed E-state index contributed by atoms with van der Waals surface area (Å²) in [6, 6.07) is 9.51. The number of ether oxygens (including phenoxy) is 2. The number of hydrogen-bond donors (Lipinski definition) is 0. The lowest BCUT2D eigenvalue weighted by molar-refractivity contribution is 0.0600. The molecule has 2 heterocycles. The number of benzene rings is 1. The summed E-state index contributed by atoms with van der Waals surface area (Å²) in [4.78, 5) is 20.5. The maximum absolute atomic E-state index is 11.7. The minimum atomic E-state index is -0.392. The van der Waals surface area contributed by atoms with E-state index in [0.29, 0.717) is 17.1 Å². The van der Waals surface area contributed by atoms with Gasteiger partial charge in [-0.3, -0.25) is 4.98 Å². The number of methoxy groups -OCH3 is 2. The van der Waals surface area contributed by atoms with Crippen LogP contribution in [0.15, 0.2) is 48.9 Å². The van der Waals surface area contributed by atoms with Gasteiger partial charge in [-0.2, -0.15) is 0 Å². The molecule has 0 fully saturated rings.